The fourth-order valence-electron chi connectivity index (χ4n) is 2.28. The summed E-state index contributed by atoms with van der Waals surface area (Å²) >= 11 is 1.90. The number of nitrogens with one attached hydrogen (secondary N) is 1. The maximum atomic E-state index is 11.7. The van der Waals surface area contributed by atoms with Crippen molar-refractivity contribution >= 4 is 29.1 Å². The third-order valence-electron chi connectivity index (χ3n) is 3.75. The predicted octanol–water partition coefficient (Wildman–Crippen LogP) is 2.75. The quantitative estimate of drug-likeness (QED) is 0.641. The largest absolute Gasteiger partial charge is 0.465 e. The molecule has 1 aliphatic rings. The summed E-state index contributed by atoms with van der Waals surface area (Å²) < 4.78 is 5.11. The molecule has 1 aromatic rings. The van der Waals surface area contributed by atoms with Crippen molar-refractivity contribution in [2.45, 2.75) is 24.0 Å². The zero-order valence-electron chi connectivity index (χ0n) is 11.4. The molecule has 1 fully saturated rings. The van der Waals surface area contributed by atoms with Crippen LogP contribution in [0.1, 0.15) is 29.6 Å². The molecule has 2 rings (SSSR count). The molecule has 0 spiro atoms. The first-order chi connectivity index (χ1) is 9.10. The minimum Gasteiger partial charge on any atom is -0.465 e. The molecule has 104 valence electrons. The van der Waals surface area contributed by atoms with Crippen molar-refractivity contribution in [3.63, 3.8) is 0 Å². The average Bonchev–Trinajstić information content (AvgIpc) is 2.38. The van der Waals surface area contributed by atoms with E-state index in [2.05, 4.69) is 11.6 Å². The monoisotopic (exact) mass is 280 g/mol. The maximum Gasteiger partial charge on any atom is 0.340 e. The van der Waals surface area contributed by atoms with Crippen molar-refractivity contribution in [1.29, 1.82) is 0 Å². The molecule has 3 N–H and O–H groups in total. The molecule has 5 heteroatoms. The van der Waals surface area contributed by atoms with Crippen molar-refractivity contribution in [2.24, 2.45) is 0 Å². The summed E-state index contributed by atoms with van der Waals surface area (Å²) in [6.45, 7) is 0.863. The van der Waals surface area contributed by atoms with Gasteiger partial charge in [-0.05, 0) is 37.3 Å². The number of esters is 1. The molecule has 0 radical (unpaired) electrons. The second-order valence-corrected chi connectivity index (χ2v) is 6.17. The van der Waals surface area contributed by atoms with Gasteiger partial charge in [0.1, 0.15) is 0 Å². The lowest BCUT2D eigenvalue weighted by Gasteiger charge is -2.40. The Morgan fingerprint density at radius 3 is 2.79 bits per heavy atom. The first kappa shape index (κ1) is 14.1. The van der Waals surface area contributed by atoms with Crippen LogP contribution in [0.5, 0.6) is 0 Å². The summed E-state index contributed by atoms with van der Waals surface area (Å²) in [5, 5.41) is 3.37. The van der Waals surface area contributed by atoms with Crippen molar-refractivity contribution in [1.82, 2.24) is 0 Å². The van der Waals surface area contributed by atoms with E-state index in [-0.39, 0.29) is 5.97 Å². The van der Waals surface area contributed by atoms with Gasteiger partial charge in [-0.15, -0.1) is 0 Å². The lowest BCUT2D eigenvalue weighted by molar-refractivity contribution is 0.0602. The van der Waals surface area contributed by atoms with E-state index in [1.807, 2.05) is 17.8 Å². The Labute approximate surface area is 118 Å². The highest BCUT2D eigenvalue weighted by Gasteiger charge is 2.36. The summed E-state index contributed by atoms with van der Waals surface area (Å²) in [6, 6.07) is 5.29. The van der Waals surface area contributed by atoms with Crippen molar-refractivity contribution in [2.75, 3.05) is 31.0 Å². The second-order valence-electron chi connectivity index (χ2n) is 4.89. The van der Waals surface area contributed by atoms with E-state index in [4.69, 9.17) is 10.5 Å². The Morgan fingerprint density at radius 2 is 2.26 bits per heavy atom. The molecule has 0 amide bonds. The SMILES string of the molecule is COC(=O)c1cc(N)ccc1NCC1(SC)CCC1. The van der Waals surface area contributed by atoms with Gasteiger partial charge >= 0.3 is 5.97 Å². The van der Waals surface area contributed by atoms with Crippen LogP contribution in [0.3, 0.4) is 0 Å². The van der Waals surface area contributed by atoms with E-state index in [9.17, 15) is 4.79 Å². The van der Waals surface area contributed by atoms with Crippen molar-refractivity contribution < 1.29 is 9.53 Å². The minimum atomic E-state index is -0.360. The fraction of sp³-hybridized carbons (Fsp3) is 0.500. The Balaban J connectivity index is 2.13. The molecule has 0 saturated heterocycles. The molecular formula is C14H20N2O2S. The molecule has 0 atom stereocenters. The molecule has 1 saturated carbocycles. The maximum absolute atomic E-state index is 11.7. The van der Waals surface area contributed by atoms with Gasteiger partial charge in [0.25, 0.3) is 0 Å². The number of thioether (sulfide) groups is 1. The van der Waals surface area contributed by atoms with Gasteiger partial charge in [-0.2, -0.15) is 11.8 Å². The third-order valence-corrected chi connectivity index (χ3v) is 5.17. The molecule has 1 aliphatic carbocycles. The second kappa shape index (κ2) is 5.74. The van der Waals surface area contributed by atoms with Crippen LogP contribution in [0.2, 0.25) is 0 Å². The summed E-state index contributed by atoms with van der Waals surface area (Å²) in [5.74, 6) is -0.360. The molecule has 1 aromatic carbocycles. The number of hydrogen-bond donors (Lipinski definition) is 2. The lowest BCUT2D eigenvalue weighted by atomic mass is 9.84. The van der Waals surface area contributed by atoms with Crippen LogP contribution in [0, 0.1) is 0 Å². The number of nitrogens with two attached hydrogens (primary N) is 1. The molecule has 0 unspecified atom stereocenters. The number of anilines is 2. The van der Waals surface area contributed by atoms with Gasteiger partial charge in [-0.25, -0.2) is 4.79 Å². The molecular weight excluding hydrogens is 260 g/mol. The van der Waals surface area contributed by atoms with E-state index in [0.717, 1.165) is 12.2 Å². The van der Waals surface area contributed by atoms with Crippen LogP contribution >= 0.6 is 11.8 Å². The van der Waals surface area contributed by atoms with E-state index >= 15 is 0 Å². The third kappa shape index (κ3) is 2.97. The van der Waals surface area contributed by atoms with Crippen LogP contribution in [-0.2, 0) is 4.74 Å². The van der Waals surface area contributed by atoms with Gasteiger partial charge in [-0.3, -0.25) is 0 Å². The fourth-order valence-corrected chi connectivity index (χ4v) is 3.19. The van der Waals surface area contributed by atoms with Crippen LogP contribution in [-0.4, -0.2) is 30.6 Å². The highest BCUT2D eigenvalue weighted by molar-refractivity contribution is 8.00. The van der Waals surface area contributed by atoms with E-state index in [1.165, 1.54) is 26.4 Å². The highest BCUT2D eigenvalue weighted by Crippen LogP contribution is 2.42. The smallest absolute Gasteiger partial charge is 0.340 e. The van der Waals surface area contributed by atoms with Gasteiger partial charge in [-0.1, -0.05) is 6.42 Å². The molecule has 0 aromatic heterocycles. The van der Waals surface area contributed by atoms with Gasteiger partial charge < -0.3 is 15.8 Å². The summed E-state index contributed by atoms with van der Waals surface area (Å²) in [4.78, 5) is 11.7. The Kier molecular flexibility index (Phi) is 4.24. The first-order valence-corrected chi connectivity index (χ1v) is 7.59. The van der Waals surface area contributed by atoms with Crippen LogP contribution in [0.4, 0.5) is 11.4 Å². The van der Waals surface area contributed by atoms with Crippen molar-refractivity contribution in [3.05, 3.63) is 23.8 Å². The summed E-state index contributed by atoms with van der Waals surface area (Å²) in [6.07, 6.45) is 5.88. The zero-order valence-corrected chi connectivity index (χ0v) is 12.2. The Bertz CT molecular complexity index is 467. The van der Waals surface area contributed by atoms with E-state index in [0.29, 0.717) is 16.0 Å². The zero-order chi connectivity index (χ0) is 13.9. The lowest BCUT2D eigenvalue weighted by Crippen LogP contribution is -2.40. The molecule has 19 heavy (non-hydrogen) atoms. The number of rotatable bonds is 5. The highest BCUT2D eigenvalue weighted by atomic mass is 32.2. The normalized spacial score (nSPS) is 16.5. The average molecular weight is 280 g/mol. The number of carbonyl (C=O) groups is 1. The number of carbonyl (C=O) groups excluding carboxylic acids is 1. The van der Waals surface area contributed by atoms with Crippen LogP contribution in [0.25, 0.3) is 0 Å². The van der Waals surface area contributed by atoms with E-state index in [1.54, 1.807) is 12.1 Å². The van der Waals surface area contributed by atoms with Gasteiger partial charge in [0.2, 0.25) is 0 Å². The molecule has 0 aliphatic heterocycles. The number of benzene rings is 1. The Hall–Kier alpha value is -1.36. The summed E-state index contributed by atoms with van der Waals surface area (Å²) in [5.41, 5.74) is 7.58. The number of methoxy groups -OCH3 is 1. The number of nitrogen functional groups attached to an aromatic ring is 1. The Morgan fingerprint density at radius 1 is 1.53 bits per heavy atom. The number of ether oxygens (including phenoxy) is 1. The van der Waals surface area contributed by atoms with Gasteiger partial charge in [0.15, 0.2) is 0 Å². The molecule has 0 heterocycles. The van der Waals surface area contributed by atoms with Gasteiger partial charge in [0, 0.05) is 22.7 Å². The standard InChI is InChI=1S/C14H20N2O2S/c1-18-13(17)11-8-10(15)4-5-12(11)16-9-14(19-2)6-3-7-14/h4-5,8,16H,3,6-7,9,15H2,1-2H3. The topological polar surface area (TPSA) is 64.3 Å². The van der Waals surface area contributed by atoms with Crippen LogP contribution in [0.15, 0.2) is 18.2 Å². The van der Waals surface area contributed by atoms with Crippen molar-refractivity contribution in [3.8, 4) is 0 Å². The summed E-state index contributed by atoms with van der Waals surface area (Å²) in [7, 11) is 1.38. The molecule has 4 nitrogen and oxygen atoms in total. The minimum absolute atomic E-state index is 0.314. The number of hydrogen-bond acceptors (Lipinski definition) is 5. The predicted molar refractivity (Wildman–Crippen MR) is 80.8 cm³/mol. The van der Waals surface area contributed by atoms with Crippen LogP contribution < -0.4 is 11.1 Å². The molecule has 0 bridgehead atoms. The first-order valence-electron chi connectivity index (χ1n) is 6.37. The van der Waals surface area contributed by atoms with Gasteiger partial charge in [0.05, 0.1) is 12.7 Å². The van der Waals surface area contributed by atoms with E-state index < -0.39 is 0 Å².